The monoisotopic (exact) mass is 453 g/mol. The second-order valence-electron chi connectivity index (χ2n) is 7.19. The van der Waals surface area contributed by atoms with Gasteiger partial charge in [-0.05, 0) is 18.2 Å². The summed E-state index contributed by atoms with van der Waals surface area (Å²) in [5, 5.41) is 11.5. The number of methoxy groups -OCH3 is 1. The number of rotatable bonds is 6. The minimum Gasteiger partial charge on any atom is -0.494 e. The molecule has 0 aliphatic rings. The van der Waals surface area contributed by atoms with Crippen LogP contribution in [0.15, 0.2) is 30.3 Å². The van der Waals surface area contributed by atoms with Gasteiger partial charge >= 0.3 is 12.1 Å². The van der Waals surface area contributed by atoms with E-state index in [1.165, 1.54) is 26.2 Å². The molecule has 3 aromatic rings. The minimum absolute atomic E-state index is 0.0858. The van der Waals surface area contributed by atoms with Crippen LogP contribution in [0.25, 0.3) is 11.0 Å². The van der Waals surface area contributed by atoms with Gasteiger partial charge in [0.15, 0.2) is 0 Å². The zero-order chi connectivity index (χ0) is 23.8. The first-order valence-corrected chi connectivity index (χ1v) is 9.37. The molecule has 0 spiro atoms. The number of alkyl halides is 3. The highest BCUT2D eigenvalue weighted by molar-refractivity contribution is 6.06. The van der Waals surface area contributed by atoms with E-state index >= 15 is 0 Å². The quantitative estimate of drug-likeness (QED) is 0.544. The van der Waals surface area contributed by atoms with Crippen molar-refractivity contribution in [1.29, 1.82) is 0 Å². The molecule has 2 aromatic carbocycles. The summed E-state index contributed by atoms with van der Waals surface area (Å²) < 4.78 is 60.1. The van der Waals surface area contributed by atoms with Gasteiger partial charge in [-0.2, -0.15) is 13.2 Å². The number of ether oxygens (including phenoxy) is 1. The maximum absolute atomic E-state index is 14.3. The van der Waals surface area contributed by atoms with E-state index in [1.807, 2.05) is 0 Å². The van der Waals surface area contributed by atoms with Gasteiger partial charge in [-0.3, -0.25) is 9.59 Å². The lowest BCUT2D eigenvalue weighted by atomic mass is 10.1. The van der Waals surface area contributed by atoms with Gasteiger partial charge in [-0.25, -0.2) is 9.37 Å². The smallest absolute Gasteiger partial charge is 0.419 e. The van der Waals surface area contributed by atoms with Crippen LogP contribution in [0.1, 0.15) is 28.7 Å². The molecule has 0 saturated carbocycles. The number of nitrogens with one attached hydrogen (secondary N) is 1. The zero-order valence-corrected chi connectivity index (χ0v) is 17.2. The number of carboxylic acid groups (broad SMARTS) is 1. The predicted octanol–water partition coefficient (Wildman–Crippen LogP) is 4.26. The van der Waals surface area contributed by atoms with Crippen molar-refractivity contribution in [2.75, 3.05) is 12.4 Å². The van der Waals surface area contributed by atoms with Crippen molar-refractivity contribution in [2.45, 2.75) is 19.5 Å². The minimum atomic E-state index is -4.95. The fourth-order valence-electron chi connectivity index (χ4n) is 3.20. The topological polar surface area (TPSA) is 93.4 Å². The van der Waals surface area contributed by atoms with E-state index < -0.39 is 40.9 Å². The molecule has 1 atom stereocenters. The van der Waals surface area contributed by atoms with Crippen molar-refractivity contribution in [1.82, 2.24) is 9.55 Å². The van der Waals surface area contributed by atoms with Crippen LogP contribution >= 0.6 is 0 Å². The highest BCUT2D eigenvalue weighted by atomic mass is 19.4. The first-order valence-electron chi connectivity index (χ1n) is 9.37. The van der Waals surface area contributed by atoms with Gasteiger partial charge in [0.25, 0.3) is 5.91 Å². The van der Waals surface area contributed by atoms with Crippen LogP contribution in [0.4, 0.5) is 23.2 Å². The molecule has 0 fully saturated rings. The van der Waals surface area contributed by atoms with Gasteiger partial charge in [-0.1, -0.05) is 13.0 Å². The Kier molecular flexibility index (Phi) is 6.11. The number of carbonyl (C=O) groups excluding carboxylic acids is 1. The number of nitrogens with zero attached hydrogens (tertiary/aromatic N) is 2. The largest absolute Gasteiger partial charge is 0.494 e. The molecule has 1 amide bonds. The Morgan fingerprint density at radius 3 is 2.56 bits per heavy atom. The number of fused-ring (bicyclic) bond motifs is 1. The summed E-state index contributed by atoms with van der Waals surface area (Å²) in [6, 6.07) is 5.40. The third-order valence-electron chi connectivity index (χ3n) is 5.00. The normalized spacial score (nSPS) is 12.6. The maximum Gasteiger partial charge on any atom is 0.419 e. The number of aryl methyl sites for hydroxylation is 1. The number of carboxylic acids is 1. The fourth-order valence-corrected chi connectivity index (χ4v) is 3.20. The van der Waals surface area contributed by atoms with Crippen LogP contribution in [-0.4, -0.2) is 33.6 Å². The third-order valence-corrected chi connectivity index (χ3v) is 5.00. The molecule has 32 heavy (non-hydrogen) atoms. The Morgan fingerprint density at radius 2 is 1.97 bits per heavy atom. The summed E-state index contributed by atoms with van der Waals surface area (Å²) in [5.74, 6) is -3.81. The molecule has 0 saturated heterocycles. The number of anilines is 1. The summed E-state index contributed by atoms with van der Waals surface area (Å²) in [6.45, 7) is 1.54. The molecule has 0 bridgehead atoms. The molecule has 7 nitrogen and oxygen atoms in total. The maximum atomic E-state index is 14.3. The Labute approximate surface area is 179 Å². The van der Waals surface area contributed by atoms with E-state index in [0.717, 1.165) is 12.1 Å². The van der Waals surface area contributed by atoms with E-state index in [1.54, 1.807) is 11.6 Å². The second-order valence-corrected chi connectivity index (χ2v) is 7.19. The second kappa shape index (κ2) is 8.48. The number of aliphatic carboxylic acids is 1. The molecule has 0 radical (unpaired) electrons. The van der Waals surface area contributed by atoms with Crippen molar-refractivity contribution < 1.29 is 37.0 Å². The third kappa shape index (κ3) is 4.36. The first kappa shape index (κ1) is 23.0. The van der Waals surface area contributed by atoms with Gasteiger partial charge < -0.3 is 19.7 Å². The number of carbonyl (C=O) groups is 2. The molecule has 3 rings (SSSR count). The van der Waals surface area contributed by atoms with Crippen molar-refractivity contribution in [2.24, 2.45) is 13.0 Å². The summed E-state index contributed by atoms with van der Waals surface area (Å²) in [4.78, 5) is 28.1. The predicted molar refractivity (Wildman–Crippen MR) is 107 cm³/mol. The van der Waals surface area contributed by atoms with E-state index in [9.17, 15) is 27.2 Å². The Hall–Kier alpha value is -3.63. The van der Waals surface area contributed by atoms with Gasteiger partial charge in [-0.15, -0.1) is 0 Å². The number of hydrogen-bond donors (Lipinski definition) is 2. The molecule has 11 heteroatoms. The number of amides is 1. The van der Waals surface area contributed by atoms with E-state index in [2.05, 4.69) is 10.3 Å². The van der Waals surface area contributed by atoms with E-state index in [0.29, 0.717) is 22.9 Å². The lowest BCUT2D eigenvalue weighted by molar-refractivity contribution is -0.141. The zero-order valence-electron chi connectivity index (χ0n) is 17.2. The van der Waals surface area contributed by atoms with Crippen molar-refractivity contribution >= 4 is 28.6 Å². The van der Waals surface area contributed by atoms with Crippen LogP contribution in [-0.2, 0) is 24.4 Å². The summed E-state index contributed by atoms with van der Waals surface area (Å²) in [7, 11) is 2.97. The van der Waals surface area contributed by atoms with Gasteiger partial charge in [0.05, 0.1) is 40.9 Å². The molecular formula is C21H19F4N3O4. The number of hydrogen-bond acceptors (Lipinski definition) is 4. The Bertz CT molecular complexity index is 1200. The molecule has 2 N–H and O–H groups in total. The van der Waals surface area contributed by atoms with E-state index in [4.69, 9.17) is 9.84 Å². The molecule has 1 heterocycles. The summed E-state index contributed by atoms with van der Waals surface area (Å²) in [5.41, 5.74) is -1.26. The van der Waals surface area contributed by atoms with E-state index in [-0.39, 0.29) is 17.9 Å². The fraction of sp³-hybridized carbons (Fsp3) is 0.286. The molecule has 1 aromatic heterocycles. The lowest BCUT2D eigenvalue weighted by Crippen LogP contribution is -2.18. The van der Waals surface area contributed by atoms with Crippen molar-refractivity contribution in [3.05, 3.63) is 53.1 Å². The number of aromatic nitrogens is 2. The highest BCUT2D eigenvalue weighted by Gasteiger charge is 2.35. The van der Waals surface area contributed by atoms with Crippen LogP contribution in [0.5, 0.6) is 5.75 Å². The highest BCUT2D eigenvalue weighted by Crippen LogP contribution is 2.34. The van der Waals surface area contributed by atoms with Crippen LogP contribution < -0.4 is 10.1 Å². The van der Waals surface area contributed by atoms with Crippen molar-refractivity contribution in [3.63, 3.8) is 0 Å². The molecule has 1 unspecified atom stereocenters. The van der Waals surface area contributed by atoms with Crippen LogP contribution in [0.3, 0.4) is 0 Å². The van der Waals surface area contributed by atoms with Gasteiger partial charge in [0.2, 0.25) is 0 Å². The number of halogens is 4. The van der Waals surface area contributed by atoms with Gasteiger partial charge in [0, 0.05) is 19.5 Å². The standard InChI is InChI=1S/C21H19F4N3O4/c1-10(20(30)31)7-17-26-13-9-16(32-3)14(8-15(13)28(17)2)27-19(29)11-5-4-6-12(18(11)22)21(23,24)25/h4-6,8-10H,7H2,1-3H3,(H,27,29)(H,30,31). The molecule has 170 valence electrons. The SMILES string of the molecule is COc1cc2nc(CC(C)C(=O)O)n(C)c2cc1NC(=O)c1cccc(C(F)(F)F)c1F. The molecular weight excluding hydrogens is 434 g/mol. The van der Waals surface area contributed by atoms with Crippen LogP contribution in [0.2, 0.25) is 0 Å². The molecule has 0 aliphatic carbocycles. The van der Waals surface area contributed by atoms with Crippen molar-refractivity contribution in [3.8, 4) is 5.75 Å². The summed E-state index contributed by atoms with van der Waals surface area (Å²) in [6.07, 6.45) is -4.80. The van der Waals surface area contributed by atoms with Crippen LogP contribution in [0, 0.1) is 11.7 Å². The van der Waals surface area contributed by atoms with Gasteiger partial charge in [0.1, 0.15) is 17.4 Å². The molecule has 0 aliphatic heterocycles. The Morgan fingerprint density at radius 1 is 1.28 bits per heavy atom. The average molecular weight is 453 g/mol. The lowest BCUT2D eigenvalue weighted by Gasteiger charge is -2.13. The Balaban J connectivity index is 1.99. The summed E-state index contributed by atoms with van der Waals surface area (Å²) >= 11 is 0. The average Bonchev–Trinajstić information content (AvgIpc) is 3.01. The first-order chi connectivity index (χ1) is 14.9. The number of benzene rings is 2. The number of imidazole rings is 1.